The molecule has 0 amide bonds. The van der Waals surface area contributed by atoms with E-state index in [0.29, 0.717) is 22.5 Å². The molecule has 17 rings (SSSR count). The van der Waals surface area contributed by atoms with Gasteiger partial charge in [0.15, 0.2) is 0 Å². The Morgan fingerprint density at radius 3 is 1.64 bits per heavy atom. The standard InChI is InChI=1S/C74H40N4OS2/c1-76-68-64(44-21-7-3-8-22-44)57(42-75)69(78-70-50(36-38-52-47-25-13-16-34-62(47)80-73(52)70)51-37-39-53-56-41-46(43-19-5-2-6-20-43)35-40-63(56)81-74(53)71(51)78)65(45-23-9-4-10-24-45)72(68)77-58-30-14-11-26-54(58)66-48(28-17-31-59(66)77)49-29-18-33-61-67(49)55-27-12-15-32-60(55)79-61/h2-41H. The summed E-state index contributed by atoms with van der Waals surface area (Å²) in [6.07, 6.45) is 0. The van der Waals surface area contributed by atoms with Crippen LogP contribution in [0.25, 0.3) is 167 Å². The number of para-hydroxylation sites is 2. The van der Waals surface area contributed by atoms with Crippen LogP contribution in [0.1, 0.15) is 5.56 Å². The van der Waals surface area contributed by atoms with Crippen molar-refractivity contribution in [3.8, 4) is 62.0 Å². The normalized spacial score (nSPS) is 11.9. The fourth-order valence-electron chi connectivity index (χ4n) is 13.2. The summed E-state index contributed by atoms with van der Waals surface area (Å²) in [5.74, 6) is 0. The third-order valence-corrected chi connectivity index (χ3v) is 19.0. The summed E-state index contributed by atoms with van der Waals surface area (Å²) >= 11 is 3.59. The van der Waals surface area contributed by atoms with E-state index in [1.807, 2.05) is 48.5 Å². The van der Waals surface area contributed by atoms with Crippen LogP contribution < -0.4 is 0 Å². The average molecular weight is 1070 g/mol. The van der Waals surface area contributed by atoms with Gasteiger partial charge in [0.1, 0.15) is 17.2 Å². The number of fused-ring (bicyclic) bond motifs is 17. The molecule has 5 nitrogen and oxygen atoms in total. The first kappa shape index (κ1) is 45.5. The number of benzene rings is 12. The number of hydrogen-bond acceptors (Lipinski definition) is 4. The molecule has 374 valence electrons. The first-order valence-corrected chi connectivity index (χ1v) is 28.6. The molecule has 0 unspecified atom stereocenters. The monoisotopic (exact) mass is 1060 g/mol. The smallest absolute Gasteiger partial charge is 0.220 e. The Balaban J connectivity index is 1.10. The van der Waals surface area contributed by atoms with Gasteiger partial charge in [0, 0.05) is 74.4 Å². The van der Waals surface area contributed by atoms with Gasteiger partial charge in [0.25, 0.3) is 0 Å². The lowest BCUT2D eigenvalue weighted by molar-refractivity contribution is 0.669. The lowest BCUT2D eigenvalue weighted by Gasteiger charge is -2.26. The Labute approximate surface area is 471 Å². The largest absolute Gasteiger partial charge is 0.456 e. The first-order chi connectivity index (χ1) is 40.1. The van der Waals surface area contributed by atoms with E-state index in [-0.39, 0.29) is 0 Å². The fraction of sp³-hybridized carbons (Fsp3) is 0. The van der Waals surface area contributed by atoms with Crippen LogP contribution in [0.15, 0.2) is 247 Å². The maximum atomic E-state index is 12.4. The van der Waals surface area contributed by atoms with Crippen molar-refractivity contribution in [2.24, 2.45) is 0 Å². The van der Waals surface area contributed by atoms with Gasteiger partial charge in [-0.25, -0.2) is 4.85 Å². The highest BCUT2D eigenvalue weighted by atomic mass is 32.1. The topological polar surface area (TPSA) is 51.1 Å². The van der Waals surface area contributed by atoms with Gasteiger partial charge in [-0.2, -0.15) is 5.26 Å². The Bertz CT molecular complexity index is 5610. The average Bonchev–Trinajstić information content (AvgIpc) is 2.99. The summed E-state index contributed by atoms with van der Waals surface area (Å²) in [6, 6.07) is 88.5. The summed E-state index contributed by atoms with van der Waals surface area (Å²) in [6.45, 7) is 9.56. The Hall–Kier alpha value is -10.5. The molecule has 0 aliphatic heterocycles. The molecular formula is C74H40N4OS2. The number of aromatic nitrogens is 2. The number of furan rings is 1. The molecule has 0 N–H and O–H groups in total. The Morgan fingerprint density at radius 2 is 0.938 bits per heavy atom. The maximum absolute atomic E-state index is 12.4. The SMILES string of the molecule is [C-]#[N+]c1c(-c2ccccc2)c(C#N)c(-n2c3c(ccc4c5ccccc5sc43)c3ccc4c5cc(-c6ccccc6)ccc5sc4c32)c(-c2ccccc2)c1-n1c2ccccc2c2c(-c3cccc4oc5ccccc5c34)cccc21. The third kappa shape index (κ3) is 6.45. The fourth-order valence-corrected chi connectivity index (χ4v) is 15.7. The Kier molecular flexibility index (Phi) is 9.82. The lowest BCUT2D eigenvalue weighted by Crippen LogP contribution is -2.09. The molecule has 0 radical (unpaired) electrons. The second-order valence-corrected chi connectivity index (χ2v) is 22.8. The van der Waals surface area contributed by atoms with Gasteiger partial charge in [0.2, 0.25) is 5.69 Å². The van der Waals surface area contributed by atoms with E-state index in [2.05, 4.69) is 214 Å². The Morgan fingerprint density at radius 1 is 0.395 bits per heavy atom. The van der Waals surface area contributed by atoms with Gasteiger partial charge >= 0.3 is 0 Å². The van der Waals surface area contributed by atoms with Crippen LogP contribution in [0.5, 0.6) is 0 Å². The number of thiophene rings is 2. The van der Waals surface area contributed by atoms with Crippen molar-refractivity contribution in [1.82, 2.24) is 9.13 Å². The summed E-state index contributed by atoms with van der Waals surface area (Å²) in [5.41, 5.74) is 15.3. The van der Waals surface area contributed by atoms with Gasteiger partial charge in [-0.05, 0) is 75.8 Å². The highest BCUT2D eigenvalue weighted by Gasteiger charge is 2.33. The number of rotatable bonds is 6. The minimum Gasteiger partial charge on any atom is -0.456 e. The number of hydrogen-bond donors (Lipinski definition) is 0. The highest BCUT2D eigenvalue weighted by molar-refractivity contribution is 7.27. The summed E-state index contributed by atoms with van der Waals surface area (Å²) in [4.78, 5) is 4.66. The van der Waals surface area contributed by atoms with Crippen LogP contribution in [0.4, 0.5) is 5.69 Å². The molecule has 0 aliphatic carbocycles. The first-order valence-electron chi connectivity index (χ1n) is 27.0. The van der Waals surface area contributed by atoms with Crippen molar-refractivity contribution in [2.45, 2.75) is 0 Å². The molecule has 0 aliphatic rings. The molecule has 12 aromatic carbocycles. The molecule has 17 aromatic rings. The van der Waals surface area contributed by atoms with E-state index in [9.17, 15) is 11.8 Å². The molecule has 0 bridgehead atoms. The molecule has 5 heterocycles. The zero-order valence-corrected chi connectivity index (χ0v) is 44.7. The molecule has 0 atom stereocenters. The molecule has 5 aromatic heterocycles. The van der Waals surface area contributed by atoms with Crippen LogP contribution in [0, 0.1) is 17.9 Å². The molecule has 7 heteroatoms. The second-order valence-electron chi connectivity index (χ2n) is 20.7. The van der Waals surface area contributed by atoms with E-state index in [4.69, 9.17) is 4.42 Å². The molecule has 0 saturated carbocycles. The van der Waals surface area contributed by atoms with Crippen molar-refractivity contribution in [3.05, 3.63) is 260 Å². The van der Waals surface area contributed by atoms with Crippen molar-refractivity contribution in [3.63, 3.8) is 0 Å². The third-order valence-electron chi connectivity index (χ3n) is 16.6. The van der Waals surface area contributed by atoms with Crippen molar-refractivity contribution < 1.29 is 4.42 Å². The van der Waals surface area contributed by atoms with Crippen LogP contribution in [-0.2, 0) is 0 Å². The van der Waals surface area contributed by atoms with Gasteiger partial charge in [0.05, 0.1) is 55.0 Å². The van der Waals surface area contributed by atoms with Crippen LogP contribution in [0.3, 0.4) is 0 Å². The van der Waals surface area contributed by atoms with E-state index in [1.165, 1.54) is 20.2 Å². The predicted octanol–water partition coefficient (Wildman–Crippen LogP) is 21.6. The van der Waals surface area contributed by atoms with E-state index < -0.39 is 0 Å². The highest BCUT2D eigenvalue weighted by Crippen LogP contribution is 2.55. The van der Waals surface area contributed by atoms with Crippen molar-refractivity contribution in [2.75, 3.05) is 0 Å². The van der Waals surface area contributed by atoms with E-state index in [1.54, 1.807) is 22.7 Å². The van der Waals surface area contributed by atoms with Crippen molar-refractivity contribution >= 4 is 134 Å². The maximum Gasteiger partial charge on any atom is 0.220 e. The van der Waals surface area contributed by atoms with Gasteiger partial charge < -0.3 is 13.6 Å². The minimum absolute atomic E-state index is 0.393. The second kappa shape index (κ2) is 17.5. The van der Waals surface area contributed by atoms with E-state index >= 15 is 0 Å². The molecule has 0 spiro atoms. The molecule has 81 heavy (non-hydrogen) atoms. The minimum atomic E-state index is 0.393. The van der Waals surface area contributed by atoms with Gasteiger partial charge in [-0.15, -0.1) is 22.7 Å². The predicted molar refractivity (Wildman–Crippen MR) is 341 cm³/mol. The van der Waals surface area contributed by atoms with Gasteiger partial charge in [-0.3, -0.25) is 0 Å². The molecular weight excluding hydrogens is 1020 g/mol. The summed E-state index contributed by atoms with van der Waals surface area (Å²) < 4.78 is 15.9. The zero-order chi connectivity index (χ0) is 53.4. The van der Waals surface area contributed by atoms with Crippen molar-refractivity contribution in [1.29, 1.82) is 5.26 Å². The van der Waals surface area contributed by atoms with E-state index in [0.717, 1.165) is 130 Å². The van der Waals surface area contributed by atoms with Gasteiger partial charge in [-0.1, -0.05) is 200 Å². The summed E-state index contributed by atoms with van der Waals surface area (Å²) in [5, 5.41) is 23.4. The van der Waals surface area contributed by atoms with Crippen LogP contribution in [-0.4, -0.2) is 9.13 Å². The molecule has 0 saturated heterocycles. The van der Waals surface area contributed by atoms with Crippen LogP contribution in [0.2, 0.25) is 0 Å². The number of nitrogens with zero attached hydrogens (tertiary/aromatic N) is 4. The molecule has 0 fully saturated rings. The van der Waals surface area contributed by atoms with Crippen LogP contribution >= 0.6 is 22.7 Å². The number of nitriles is 1. The zero-order valence-electron chi connectivity index (χ0n) is 43.1. The lowest BCUT2D eigenvalue weighted by atomic mass is 9.88. The summed E-state index contributed by atoms with van der Waals surface area (Å²) in [7, 11) is 0. The quantitative estimate of drug-likeness (QED) is 0.156.